The zero-order valence-electron chi connectivity index (χ0n) is 7.94. The topological polar surface area (TPSA) is 25.8 Å². The molecule has 0 spiro atoms. The molecule has 2 aromatic heterocycles. The Morgan fingerprint density at radius 2 is 2.14 bits per heavy atom. The maximum atomic E-state index is 4.28. The monoisotopic (exact) mass is 204 g/mol. The minimum Gasteiger partial charge on any atom is -0.244 e. The van der Waals surface area contributed by atoms with E-state index in [1.54, 1.807) is 6.33 Å². The lowest BCUT2D eigenvalue weighted by molar-refractivity contribution is 0.738. The third-order valence-corrected chi connectivity index (χ3v) is 4.19. The molecule has 72 valence electrons. The Kier molecular flexibility index (Phi) is 1.98. The number of hydrogen-bond donors (Lipinski definition) is 0. The van der Waals surface area contributed by atoms with Crippen LogP contribution in [0.15, 0.2) is 18.6 Å². The zero-order chi connectivity index (χ0) is 9.38. The minimum atomic E-state index is 0.800. The van der Waals surface area contributed by atoms with Crippen LogP contribution in [0.1, 0.15) is 36.5 Å². The predicted octanol–water partition coefficient (Wildman–Crippen LogP) is 3.35. The van der Waals surface area contributed by atoms with E-state index in [0.717, 1.165) is 10.7 Å². The predicted molar refractivity (Wildman–Crippen MR) is 58.6 cm³/mol. The van der Waals surface area contributed by atoms with Gasteiger partial charge in [-0.2, -0.15) is 0 Å². The summed E-state index contributed by atoms with van der Waals surface area (Å²) in [5.74, 6) is 0.800. The second-order valence-electron chi connectivity index (χ2n) is 3.91. The molecule has 1 aliphatic carbocycles. The number of aromatic nitrogens is 2. The summed E-state index contributed by atoms with van der Waals surface area (Å²) in [4.78, 5) is 11.0. The molecule has 0 unspecified atom stereocenters. The molecule has 2 aromatic rings. The van der Waals surface area contributed by atoms with Gasteiger partial charge in [0.15, 0.2) is 0 Å². The van der Waals surface area contributed by atoms with Crippen LogP contribution in [0.5, 0.6) is 0 Å². The first-order valence-corrected chi connectivity index (χ1v) is 5.94. The Balaban J connectivity index is 2.05. The highest BCUT2D eigenvalue weighted by atomic mass is 32.1. The van der Waals surface area contributed by atoms with Crippen molar-refractivity contribution in [3.05, 3.63) is 23.5 Å². The number of fused-ring (bicyclic) bond motifs is 1. The summed E-state index contributed by atoms with van der Waals surface area (Å²) in [6.45, 7) is 0. The fourth-order valence-electron chi connectivity index (χ4n) is 2.22. The third-order valence-electron chi connectivity index (χ3n) is 2.97. The van der Waals surface area contributed by atoms with Crippen molar-refractivity contribution in [2.75, 3.05) is 0 Å². The average Bonchev–Trinajstić information content (AvgIpc) is 2.86. The third kappa shape index (κ3) is 1.32. The van der Waals surface area contributed by atoms with Gasteiger partial charge in [-0.3, -0.25) is 0 Å². The molecular formula is C11H12N2S. The van der Waals surface area contributed by atoms with Gasteiger partial charge in [0.2, 0.25) is 0 Å². The smallest absolute Gasteiger partial charge is 0.126 e. The summed E-state index contributed by atoms with van der Waals surface area (Å²) in [5, 5.41) is 1.21. The molecule has 0 aromatic carbocycles. The van der Waals surface area contributed by atoms with E-state index in [0.29, 0.717) is 0 Å². The molecule has 1 saturated carbocycles. The first-order chi connectivity index (χ1) is 6.93. The second kappa shape index (κ2) is 3.31. The van der Waals surface area contributed by atoms with Gasteiger partial charge in [0.25, 0.3) is 0 Å². The molecular weight excluding hydrogens is 192 g/mol. The van der Waals surface area contributed by atoms with Crippen molar-refractivity contribution in [1.82, 2.24) is 9.97 Å². The van der Waals surface area contributed by atoms with Crippen LogP contribution in [0.4, 0.5) is 0 Å². The number of rotatable bonds is 1. The average molecular weight is 204 g/mol. The SMILES string of the molecule is c1ncc2cc(C3CCCC3)sc2n1. The Morgan fingerprint density at radius 1 is 1.29 bits per heavy atom. The first-order valence-electron chi connectivity index (χ1n) is 5.13. The lowest BCUT2D eigenvalue weighted by atomic mass is 10.1. The van der Waals surface area contributed by atoms with Crippen molar-refractivity contribution < 1.29 is 0 Å². The molecule has 0 amide bonds. The number of thiophene rings is 1. The second-order valence-corrected chi connectivity index (χ2v) is 4.98. The molecule has 1 aliphatic rings. The van der Waals surface area contributed by atoms with E-state index >= 15 is 0 Å². The van der Waals surface area contributed by atoms with Crippen LogP contribution >= 0.6 is 11.3 Å². The van der Waals surface area contributed by atoms with Crippen molar-refractivity contribution in [3.8, 4) is 0 Å². The largest absolute Gasteiger partial charge is 0.244 e. The Bertz CT molecular complexity index is 410. The van der Waals surface area contributed by atoms with Gasteiger partial charge in [-0.1, -0.05) is 12.8 Å². The number of hydrogen-bond acceptors (Lipinski definition) is 3. The fourth-order valence-corrected chi connectivity index (χ4v) is 3.36. The molecule has 14 heavy (non-hydrogen) atoms. The van der Waals surface area contributed by atoms with Gasteiger partial charge >= 0.3 is 0 Å². The summed E-state index contributed by atoms with van der Waals surface area (Å²) in [7, 11) is 0. The Hall–Kier alpha value is -0.960. The molecule has 0 atom stereocenters. The van der Waals surface area contributed by atoms with Crippen molar-refractivity contribution in [3.63, 3.8) is 0 Å². The van der Waals surface area contributed by atoms with Crippen molar-refractivity contribution >= 4 is 21.6 Å². The molecule has 0 aliphatic heterocycles. The molecule has 2 nitrogen and oxygen atoms in total. The summed E-state index contributed by atoms with van der Waals surface area (Å²) >= 11 is 1.84. The van der Waals surface area contributed by atoms with Crippen molar-refractivity contribution in [2.24, 2.45) is 0 Å². The van der Waals surface area contributed by atoms with E-state index < -0.39 is 0 Å². The van der Waals surface area contributed by atoms with Gasteiger partial charge in [0.05, 0.1) is 0 Å². The van der Waals surface area contributed by atoms with Gasteiger partial charge in [-0.15, -0.1) is 11.3 Å². The molecule has 0 bridgehead atoms. The first kappa shape index (κ1) is 8.36. The molecule has 3 rings (SSSR count). The van der Waals surface area contributed by atoms with Gasteiger partial charge in [-0.05, 0) is 24.8 Å². The van der Waals surface area contributed by atoms with E-state index in [4.69, 9.17) is 0 Å². The molecule has 0 radical (unpaired) electrons. The highest BCUT2D eigenvalue weighted by molar-refractivity contribution is 7.18. The molecule has 0 N–H and O–H groups in total. The molecule has 3 heteroatoms. The van der Waals surface area contributed by atoms with Crippen LogP contribution in [0.3, 0.4) is 0 Å². The van der Waals surface area contributed by atoms with Gasteiger partial charge in [-0.25, -0.2) is 9.97 Å². The lowest BCUT2D eigenvalue weighted by Gasteiger charge is -2.03. The summed E-state index contributed by atoms with van der Waals surface area (Å²) in [6.07, 6.45) is 9.06. The maximum Gasteiger partial charge on any atom is 0.126 e. The Labute approximate surface area is 87.0 Å². The van der Waals surface area contributed by atoms with Crippen LogP contribution in [-0.4, -0.2) is 9.97 Å². The normalized spacial score (nSPS) is 18.0. The van der Waals surface area contributed by atoms with E-state index in [9.17, 15) is 0 Å². The standard InChI is InChI=1S/C11H12N2S/c1-2-4-8(3-1)10-5-9-6-12-7-13-11(9)14-10/h5-8H,1-4H2. The Morgan fingerprint density at radius 3 is 2.93 bits per heavy atom. The summed E-state index contributed by atoms with van der Waals surface area (Å²) < 4.78 is 0. The van der Waals surface area contributed by atoms with Crippen LogP contribution in [0.25, 0.3) is 10.2 Å². The van der Waals surface area contributed by atoms with E-state index in [-0.39, 0.29) is 0 Å². The van der Waals surface area contributed by atoms with E-state index in [1.807, 2.05) is 17.5 Å². The fraction of sp³-hybridized carbons (Fsp3) is 0.455. The van der Waals surface area contributed by atoms with Gasteiger partial charge in [0.1, 0.15) is 11.2 Å². The molecule has 1 fully saturated rings. The van der Waals surface area contributed by atoms with Gasteiger partial charge in [0, 0.05) is 16.5 Å². The van der Waals surface area contributed by atoms with Crippen molar-refractivity contribution in [2.45, 2.75) is 31.6 Å². The number of nitrogens with zero attached hydrogens (tertiary/aromatic N) is 2. The summed E-state index contributed by atoms with van der Waals surface area (Å²) in [6, 6.07) is 2.27. The van der Waals surface area contributed by atoms with E-state index in [1.165, 1.54) is 35.9 Å². The van der Waals surface area contributed by atoms with E-state index in [2.05, 4.69) is 16.0 Å². The van der Waals surface area contributed by atoms with Gasteiger partial charge < -0.3 is 0 Å². The highest BCUT2D eigenvalue weighted by Crippen LogP contribution is 2.39. The minimum absolute atomic E-state index is 0.800. The van der Waals surface area contributed by atoms with Crippen LogP contribution in [0.2, 0.25) is 0 Å². The molecule has 2 heterocycles. The summed E-state index contributed by atoms with van der Waals surface area (Å²) in [5.41, 5.74) is 0. The quantitative estimate of drug-likeness (QED) is 0.712. The lowest BCUT2D eigenvalue weighted by Crippen LogP contribution is -1.85. The maximum absolute atomic E-state index is 4.28. The van der Waals surface area contributed by atoms with Crippen LogP contribution in [-0.2, 0) is 0 Å². The molecule has 0 saturated heterocycles. The van der Waals surface area contributed by atoms with Crippen molar-refractivity contribution in [1.29, 1.82) is 0 Å². The highest BCUT2D eigenvalue weighted by Gasteiger charge is 2.19. The van der Waals surface area contributed by atoms with Crippen LogP contribution in [0, 0.1) is 0 Å². The zero-order valence-corrected chi connectivity index (χ0v) is 8.76. The van der Waals surface area contributed by atoms with Crippen LogP contribution < -0.4 is 0 Å².